The van der Waals surface area contributed by atoms with Crippen LogP contribution in [0.1, 0.15) is 11.1 Å². The fourth-order valence-electron chi connectivity index (χ4n) is 1.59. The normalized spacial score (nSPS) is 12.1. The molecule has 6 heteroatoms. The summed E-state index contributed by atoms with van der Waals surface area (Å²) in [6.45, 7) is 1.59. The van der Waals surface area contributed by atoms with E-state index in [9.17, 15) is 9.18 Å². The van der Waals surface area contributed by atoms with Crippen LogP contribution in [0.4, 0.5) is 4.39 Å². The first-order valence-electron chi connectivity index (χ1n) is 4.77. The van der Waals surface area contributed by atoms with Crippen molar-refractivity contribution in [2.45, 2.75) is 12.2 Å². The number of benzene rings is 1. The predicted octanol–water partition coefficient (Wildman–Crippen LogP) is 1.31. The van der Waals surface area contributed by atoms with Crippen molar-refractivity contribution in [3.63, 3.8) is 0 Å². The Morgan fingerprint density at radius 2 is 2.06 bits per heavy atom. The van der Waals surface area contributed by atoms with Gasteiger partial charge in [-0.1, -0.05) is 17.7 Å². The molecule has 0 aliphatic carbocycles. The Morgan fingerprint density at radius 3 is 2.65 bits per heavy atom. The van der Waals surface area contributed by atoms with Gasteiger partial charge in [-0.15, -0.1) is 0 Å². The summed E-state index contributed by atoms with van der Waals surface area (Å²) in [6, 6.07) is 4.11. The van der Waals surface area contributed by atoms with Crippen LogP contribution in [0, 0.1) is 12.7 Å². The summed E-state index contributed by atoms with van der Waals surface area (Å²) in [5.74, 6) is -0.959. The first-order valence-corrected chi connectivity index (χ1v) is 5.15. The molecule has 0 spiro atoms. The lowest BCUT2D eigenvalue weighted by atomic mass is 10.1. The number of H-pyrrole nitrogens is 1. The molecule has 0 unspecified atom stereocenters. The minimum atomic E-state index is -2.81. The number of aromatic nitrogens is 1. The maximum absolute atomic E-state index is 13.9. The van der Waals surface area contributed by atoms with Crippen LogP contribution in [0.2, 0.25) is 0 Å². The lowest BCUT2D eigenvalue weighted by molar-refractivity contribution is -0.0923. The van der Waals surface area contributed by atoms with Crippen molar-refractivity contribution in [3.8, 4) is 0 Å². The third-order valence-electron chi connectivity index (χ3n) is 2.49. The molecule has 0 atom stereocenters. The summed E-state index contributed by atoms with van der Waals surface area (Å²) in [5, 5.41) is 15.9. The van der Waals surface area contributed by atoms with Gasteiger partial charge in [-0.05, 0) is 19.1 Å². The van der Waals surface area contributed by atoms with Crippen molar-refractivity contribution in [2.24, 2.45) is 0 Å². The smallest absolute Gasteiger partial charge is 0.274 e. The molecular formula is C11H9ClFNO3. The number of aromatic amines is 1. The van der Waals surface area contributed by atoms with Crippen molar-refractivity contribution in [1.82, 2.24) is 4.98 Å². The van der Waals surface area contributed by atoms with E-state index in [0.29, 0.717) is 10.9 Å². The van der Waals surface area contributed by atoms with Crippen molar-refractivity contribution in [1.29, 1.82) is 0 Å². The van der Waals surface area contributed by atoms with Crippen LogP contribution in [0.5, 0.6) is 0 Å². The van der Waals surface area contributed by atoms with Crippen LogP contribution < -0.4 is 5.56 Å². The molecular weight excluding hydrogens is 249 g/mol. The van der Waals surface area contributed by atoms with Gasteiger partial charge in [0.05, 0.1) is 11.1 Å². The van der Waals surface area contributed by atoms with Gasteiger partial charge >= 0.3 is 0 Å². The third kappa shape index (κ3) is 2.04. The van der Waals surface area contributed by atoms with Crippen LogP contribution in [0.3, 0.4) is 0 Å². The Bertz CT molecular complexity index is 645. The van der Waals surface area contributed by atoms with Gasteiger partial charge < -0.3 is 15.2 Å². The molecule has 0 radical (unpaired) electrons. The monoisotopic (exact) mass is 257 g/mol. The second kappa shape index (κ2) is 3.80. The molecule has 1 aromatic heterocycles. The molecule has 2 aromatic rings. The second-order valence-electron chi connectivity index (χ2n) is 3.76. The molecule has 0 aliphatic heterocycles. The number of fused-ring (bicyclic) bond motifs is 1. The zero-order chi connectivity index (χ0) is 12.8. The van der Waals surface area contributed by atoms with E-state index in [1.807, 2.05) is 0 Å². The predicted molar refractivity (Wildman–Crippen MR) is 61.2 cm³/mol. The number of halogens is 2. The van der Waals surface area contributed by atoms with Gasteiger partial charge in [0.15, 0.2) is 5.82 Å². The molecule has 0 saturated heterocycles. The Morgan fingerprint density at radius 1 is 1.41 bits per heavy atom. The third-order valence-corrected chi connectivity index (χ3v) is 2.69. The van der Waals surface area contributed by atoms with Gasteiger partial charge in [0.1, 0.15) is 0 Å². The fourth-order valence-corrected chi connectivity index (χ4v) is 1.74. The van der Waals surface area contributed by atoms with Crippen LogP contribution in [-0.4, -0.2) is 15.2 Å². The summed E-state index contributed by atoms with van der Waals surface area (Å²) in [7, 11) is 0. The second-order valence-corrected chi connectivity index (χ2v) is 4.29. The molecule has 0 bridgehead atoms. The molecule has 1 aromatic carbocycles. The average Bonchev–Trinajstić information content (AvgIpc) is 2.19. The standard InChI is InChI=1S/C11H9ClFNO3/c1-5-4-6-2-3-7(11(12,16)17)8(13)9(6)14-10(5)15/h2-4,16-17H,1H3,(H,14,15). The maximum Gasteiger partial charge on any atom is 0.274 e. The van der Waals surface area contributed by atoms with Crippen LogP contribution in [0.25, 0.3) is 10.9 Å². The van der Waals surface area contributed by atoms with E-state index in [-0.39, 0.29) is 5.52 Å². The van der Waals surface area contributed by atoms with E-state index >= 15 is 0 Å². The van der Waals surface area contributed by atoms with Gasteiger partial charge in [-0.2, -0.15) is 0 Å². The average molecular weight is 258 g/mol. The molecule has 90 valence electrons. The van der Waals surface area contributed by atoms with Crippen molar-refractivity contribution in [3.05, 3.63) is 45.5 Å². The topological polar surface area (TPSA) is 73.3 Å². The van der Waals surface area contributed by atoms with E-state index in [2.05, 4.69) is 4.98 Å². The summed E-state index contributed by atoms with van der Waals surface area (Å²) < 4.78 is 13.9. The lowest BCUT2D eigenvalue weighted by Gasteiger charge is -2.15. The SMILES string of the molecule is Cc1cc2ccc(C(O)(O)Cl)c(F)c2[nH]c1=O. The number of pyridine rings is 1. The summed E-state index contributed by atoms with van der Waals surface area (Å²) >= 11 is 5.21. The number of alkyl halides is 1. The molecule has 0 amide bonds. The summed E-state index contributed by atoms with van der Waals surface area (Å²) in [5.41, 5.74) is -0.614. The van der Waals surface area contributed by atoms with Crippen molar-refractivity contribution >= 4 is 22.5 Å². The minimum Gasteiger partial charge on any atom is -0.350 e. The minimum absolute atomic E-state index is 0.105. The van der Waals surface area contributed by atoms with Gasteiger partial charge in [-0.25, -0.2) is 4.39 Å². The van der Waals surface area contributed by atoms with Crippen LogP contribution in [0.15, 0.2) is 23.0 Å². The number of aryl methyl sites for hydroxylation is 1. The van der Waals surface area contributed by atoms with Crippen LogP contribution in [-0.2, 0) is 5.25 Å². The fraction of sp³-hybridized carbons (Fsp3) is 0.182. The van der Waals surface area contributed by atoms with Gasteiger partial charge in [0.2, 0.25) is 0 Å². The quantitative estimate of drug-likeness (QED) is 0.533. The van der Waals surface area contributed by atoms with Gasteiger partial charge in [0, 0.05) is 10.9 Å². The Labute approximate surface area is 100 Å². The zero-order valence-corrected chi connectivity index (χ0v) is 9.55. The molecule has 4 nitrogen and oxygen atoms in total. The highest BCUT2D eigenvalue weighted by Gasteiger charge is 2.27. The Balaban J connectivity index is 2.85. The first kappa shape index (κ1) is 12.0. The molecule has 2 rings (SSSR count). The zero-order valence-electron chi connectivity index (χ0n) is 8.79. The Hall–Kier alpha value is -1.43. The number of hydrogen-bond donors (Lipinski definition) is 3. The van der Waals surface area contributed by atoms with Gasteiger partial charge in [-0.3, -0.25) is 4.79 Å². The van der Waals surface area contributed by atoms with E-state index in [1.54, 1.807) is 6.92 Å². The molecule has 0 fully saturated rings. The maximum atomic E-state index is 13.9. The highest BCUT2D eigenvalue weighted by molar-refractivity contribution is 6.21. The largest absolute Gasteiger partial charge is 0.350 e. The van der Waals surface area contributed by atoms with E-state index < -0.39 is 22.2 Å². The highest BCUT2D eigenvalue weighted by Crippen LogP contribution is 2.28. The number of aliphatic hydroxyl groups is 2. The number of nitrogens with one attached hydrogen (secondary N) is 1. The number of hydrogen-bond acceptors (Lipinski definition) is 3. The van der Waals surface area contributed by atoms with E-state index in [1.165, 1.54) is 12.1 Å². The van der Waals surface area contributed by atoms with Crippen molar-refractivity contribution < 1.29 is 14.6 Å². The molecule has 3 N–H and O–H groups in total. The van der Waals surface area contributed by atoms with Crippen LogP contribution >= 0.6 is 11.6 Å². The Kier molecular flexibility index (Phi) is 2.69. The number of rotatable bonds is 1. The molecule has 1 heterocycles. The molecule has 0 saturated carbocycles. The van der Waals surface area contributed by atoms with Crippen molar-refractivity contribution in [2.75, 3.05) is 0 Å². The van der Waals surface area contributed by atoms with E-state index in [4.69, 9.17) is 21.8 Å². The first-order chi connectivity index (χ1) is 7.80. The van der Waals surface area contributed by atoms with Gasteiger partial charge in [0.25, 0.3) is 10.8 Å². The summed E-state index contributed by atoms with van der Waals surface area (Å²) in [6.07, 6.45) is 0. The lowest BCUT2D eigenvalue weighted by Crippen LogP contribution is -2.19. The molecule has 17 heavy (non-hydrogen) atoms. The highest BCUT2D eigenvalue weighted by atomic mass is 35.5. The molecule has 0 aliphatic rings. The summed E-state index contributed by atoms with van der Waals surface area (Å²) in [4.78, 5) is 13.7. The van der Waals surface area contributed by atoms with E-state index in [0.717, 1.165) is 6.07 Å².